The molecular formula is C33H21N3. The van der Waals surface area contributed by atoms with Gasteiger partial charge in [-0.2, -0.15) is 0 Å². The maximum atomic E-state index is 5.03. The third-order valence-corrected chi connectivity index (χ3v) is 6.69. The van der Waals surface area contributed by atoms with Crippen molar-refractivity contribution < 1.29 is 0 Å². The molecule has 36 heavy (non-hydrogen) atoms. The molecule has 0 spiro atoms. The summed E-state index contributed by atoms with van der Waals surface area (Å²) in [5.41, 5.74) is 8.03. The van der Waals surface area contributed by atoms with Crippen LogP contribution in [0.4, 0.5) is 0 Å². The lowest BCUT2D eigenvalue weighted by Crippen LogP contribution is -1.89. The van der Waals surface area contributed by atoms with Gasteiger partial charge in [0.25, 0.3) is 0 Å². The minimum atomic E-state index is 0.875. The molecule has 0 fully saturated rings. The SMILES string of the molecule is c1ccc(-c2ccc3ccc(-c4ccc5ccc(-c6ccc7ccccc7c6)nc5c4)cc3n2)nc1. The van der Waals surface area contributed by atoms with E-state index in [2.05, 4.69) is 102 Å². The summed E-state index contributed by atoms with van der Waals surface area (Å²) in [6, 6.07) is 42.1. The van der Waals surface area contributed by atoms with E-state index in [1.807, 2.05) is 24.3 Å². The van der Waals surface area contributed by atoms with Gasteiger partial charge in [-0.15, -0.1) is 0 Å². The van der Waals surface area contributed by atoms with E-state index in [0.717, 1.165) is 55.6 Å². The van der Waals surface area contributed by atoms with Crippen molar-refractivity contribution in [1.29, 1.82) is 0 Å². The second kappa shape index (κ2) is 8.40. The highest BCUT2D eigenvalue weighted by molar-refractivity contribution is 5.91. The molecule has 0 atom stereocenters. The number of rotatable bonds is 3. The van der Waals surface area contributed by atoms with Crippen molar-refractivity contribution in [2.45, 2.75) is 0 Å². The van der Waals surface area contributed by atoms with Crippen molar-refractivity contribution in [3.63, 3.8) is 0 Å². The average Bonchev–Trinajstić information content (AvgIpc) is 2.96. The second-order valence-corrected chi connectivity index (χ2v) is 8.98. The summed E-state index contributed by atoms with van der Waals surface area (Å²) in [5.74, 6) is 0. The van der Waals surface area contributed by atoms with Gasteiger partial charge in [-0.25, -0.2) is 9.97 Å². The fraction of sp³-hybridized carbons (Fsp3) is 0. The van der Waals surface area contributed by atoms with E-state index in [0.29, 0.717) is 0 Å². The Hall–Kier alpha value is -4.89. The van der Waals surface area contributed by atoms with Crippen molar-refractivity contribution >= 4 is 32.6 Å². The maximum Gasteiger partial charge on any atom is 0.0893 e. The van der Waals surface area contributed by atoms with Crippen molar-refractivity contribution in [2.24, 2.45) is 0 Å². The van der Waals surface area contributed by atoms with Crippen LogP contribution in [0.1, 0.15) is 0 Å². The molecule has 7 rings (SSSR count). The lowest BCUT2D eigenvalue weighted by Gasteiger charge is -2.09. The zero-order chi connectivity index (χ0) is 23.9. The molecule has 0 bridgehead atoms. The van der Waals surface area contributed by atoms with E-state index in [4.69, 9.17) is 9.97 Å². The molecule has 3 heteroatoms. The largest absolute Gasteiger partial charge is 0.255 e. The van der Waals surface area contributed by atoms with Crippen LogP contribution in [0, 0.1) is 0 Å². The fourth-order valence-corrected chi connectivity index (χ4v) is 4.76. The zero-order valence-electron chi connectivity index (χ0n) is 19.5. The number of nitrogens with zero attached hydrogens (tertiary/aromatic N) is 3. The first-order valence-electron chi connectivity index (χ1n) is 12.0. The average molecular weight is 460 g/mol. The summed E-state index contributed by atoms with van der Waals surface area (Å²) in [7, 11) is 0. The first-order valence-corrected chi connectivity index (χ1v) is 12.0. The van der Waals surface area contributed by atoms with Crippen LogP contribution in [0.25, 0.3) is 66.4 Å². The molecule has 0 radical (unpaired) electrons. The molecule has 0 N–H and O–H groups in total. The Morgan fingerprint density at radius 1 is 0.361 bits per heavy atom. The molecule has 0 saturated heterocycles. The van der Waals surface area contributed by atoms with Gasteiger partial charge in [0.2, 0.25) is 0 Å². The molecule has 3 heterocycles. The summed E-state index contributed by atoms with van der Waals surface area (Å²) < 4.78 is 0. The van der Waals surface area contributed by atoms with Gasteiger partial charge in [0.05, 0.1) is 28.1 Å². The lowest BCUT2D eigenvalue weighted by molar-refractivity contribution is 1.28. The molecular weight excluding hydrogens is 438 g/mol. The topological polar surface area (TPSA) is 38.7 Å². The van der Waals surface area contributed by atoms with Gasteiger partial charge < -0.3 is 0 Å². The quantitative estimate of drug-likeness (QED) is 0.267. The van der Waals surface area contributed by atoms with Crippen LogP contribution >= 0.6 is 0 Å². The first kappa shape index (κ1) is 20.5. The van der Waals surface area contributed by atoms with Crippen LogP contribution in [0.5, 0.6) is 0 Å². The highest BCUT2D eigenvalue weighted by Crippen LogP contribution is 2.30. The number of pyridine rings is 3. The molecule has 3 aromatic heterocycles. The van der Waals surface area contributed by atoms with E-state index in [1.54, 1.807) is 6.20 Å². The Morgan fingerprint density at radius 2 is 0.944 bits per heavy atom. The standard InChI is InChI=1S/C33H21N3/c1-2-6-25-19-28(13-8-22(25)5-1)29-16-14-23-9-11-26(20-32(23)35-29)27-12-10-24-15-17-31(36-33(24)21-27)30-7-3-4-18-34-30/h1-21H. The Balaban J connectivity index is 1.30. The van der Waals surface area contributed by atoms with Crippen molar-refractivity contribution in [2.75, 3.05) is 0 Å². The predicted molar refractivity (Wildman–Crippen MR) is 149 cm³/mol. The molecule has 0 aliphatic heterocycles. The third kappa shape index (κ3) is 3.68. The third-order valence-electron chi connectivity index (χ3n) is 6.69. The Kier molecular flexibility index (Phi) is 4.78. The van der Waals surface area contributed by atoms with E-state index >= 15 is 0 Å². The Bertz CT molecular complexity index is 1890. The molecule has 0 unspecified atom stereocenters. The molecule has 0 aliphatic rings. The van der Waals surface area contributed by atoms with Gasteiger partial charge in [0.1, 0.15) is 0 Å². The Morgan fingerprint density at radius 3 is 1.67 bits per heavy atom. The van der Waals surface area contributed by atoms with Crippen LogP contribution in [-0.2, 0) is 0 Å². The van der Waals surface area contributed by atoms with Crippen molar-refractivity contribution in [1.82, 2.24) is 15.0 Å². The number of benzene rings is 4. The summed E-state index contributed by atoms with van der Waals surface area (Å²) in [6.07, 6.45) is 1.80. The van der Waals surface area contributed by atoms with Gasteiger partial charge in [-0.1, -0.05) is 78.9 Å². The van der Waals surface area contributed by atoms with Crippen LogP contribution in [0.2, 0.25) is 0 Å². The molecule has 0 saturated carbocycles. The highest BCUT2D eigenvalue weighted by atomic mass is 14.8. The van der Waals surface area contributed by atoms with Gasteiger partial charge in [-0.05, 0) is 64.4 Å². The van der Waals surface area contributed by atoms with E-state index in [-0.39, 0.29) is 0 Å². The highest BCUT2D eigenvalue weighted by Gasteiger charge is 2.08. The minimum Gasteiger partial charge on any atom is -0.255 e. The van der Waals surface area contributed by atoms with Crippen LogP contribution in [0.15, 0.2) is 128 Å². The zero-order valence-corrected chi connectivity index (χ0v) is 19.5. The minimum absolute atomic E-state index is 0.875. The number of hydrogen-bond acceptors (Lipinski definition) is 3. The lowest BCUT2D eigenvalue weighted by atomic mass is 10.0. The summed E-state index contributed by atoms with van der Waals surface area (Å²) in [6.45, 7) is 0. The molecule has 7 aromatic rings. The molecule has 3 nitrogen and oxygen atoms in total. The van der Waals surface area contributed by atoms with E-state index in [1.165, 1.54) is 10.8 Å². The molecule has 0 amide bonds. The smallest absolute Gasteiger partial charge is 0.0893 e. The van der Waals surface area contributed by atoms with E-state index < -0.39 is 0 Å². The maximum absolute atomic E-state index is 5.03. The van der Waals surface area contributed by atoms with Crippen LogP contribution in [-0.4, -0.2) is 15.0 Å². The predicted octanol–water partition coefficient (Wildman–Crippen LogP) is 8.33. The van der Waals surface area contributed by atoms with Crippen molar-refractivity contribution in [3.8, 4) is 33.8 Å². The number of hydrogen-bond donors (Lipinski definition) is 0. The Labute approximate surface area is 208 Å². The molecule has 0 aliphatic carbocycles. The summed E-state index contributed by atoms with van der Waals surface area (Å²) in [5, 5.41) is 4.69. The number of aromatic nitrogens is 3. The normalized spacial score (nSPS) is 11.3. The van der Waals surface area contributed by atoms with Gasteiger partial charge in [-0.3, -0.25) is 4.98 Å². The summed E-state index contributed by atoms with van der Waals surface area (Å²) >= 11 is 0. The fourth-order valence-electron chi connectivity index (χ4n) is 4.76. The van der Waals surface area contributed by atoms with Gasteiger partial charge in [0, 0.05) is 22.5 Å². The van der Waals surface area contributed by atoms with Crippen LogP contribution < -0.4 is 0 Å². The monoisotopic (exact) mass is 459 g/mol. The van der Waals surface area contributed by atoms with Crippen molar-refractivity contribution in [3.05, 3.63) is 128 Å². The number of fused-ring (bicyclic) bond motifs is 3. The first-order chi connectivity index (χ1) is 17.8. The van der Waals surface area contributed by atoms with Gasteiger partial charge in [0.15, 0.2) is 0 Å². The van der Waals surface area contributed by atoms with Gasteiger partial charge >= 0.3 is 0 Å². The van der Waals surface area contributed by atoms with E-state index in [9.17, 15) is 0 Å². The second-order valence-electron chi connectivity index (χ2n) is 8.98. The molecule has 168 valence electrons. The van der Waals surface area contributed by atoms with Crippen LogP contribution in [0.3, 0.4) is 0 Å². The summed E-state index contributed by atoms with van der Waals surface area (Å²) in [4.78, 5) is 14.4. The molecule has 4 aromatic carbocycles.